The lowest BCUT2D eigenvalue weighted by Crippen LogP contribution is -2.16. The molecule has 5 nitrogen and oxygen atoms in total. The summed E-state index contributed by atoms with van der Waals surface area (Å²) in [6, 6.07) is 4.18. The zero-order chi connectivity index (χ0) is 15.3. The van der Waals surface area contributed by atoms with Crippen LogP contribution in [-0.2, 0) is 14.8 Å². The zero-order valence-corrected chi connectivity index (χ0v) is 12.9. The normalized spacial score (nSPS) is 13.0. The van der Waals surface area contributed by atoms with Gasteiger partial charge in [-0.1, -0.05) is 26.3 Å². The summed E-state index contributed by atoms with van der Waals surface area (Å²) in [4.78, 5) is 11.9. The average molecular weight is 299 g/mol. The molecule has 0 heterocycles. The molecule has 0 fully saturated rings. The molecule has 20 heavy (non-hydrogen) atoms. The quantitative estimate of drug-likeness (QED) is 0.816. The Hall–Kier alpha value is -1.40. The summed E-state index contributed by atoms with van der Waals surface area (Å²) in [6.45, 7) is 6.12. The van der Waals surface area contributed by atoms with Crippen LogP contribution in [0.4, 0.5) is 0 Å². The Balaban J connectivity index is 2.87. The monoisotopic (exact) mass is 299 g/mol. The maximum Gasteiger partial charge on any atom is 0.338 e. The smallest absolute Gasteiger partial charge is 0.338 e. The van der Waals surface area contributed by atoms with Crippen LogP contribution in [0.25, 0.3) is 0 Å². The van der Waals surface area contributed by atoms with Gasteiger partial charge in [0.15, 0.2) is 0 Å². The molecule has 2 N–H and O–H groups in total. The summed E-state index contributed by atoms with van der Waals surface area (Å²) < 4.78 is 27.8. The van der Waals surface area contributed by atoms with Crippen LogP contribution >= 0.6 is 0 Å². The molecule has 0 radical (unpaired) electrons. The van der Waals surface area contributed by atoms with E-state index in [1.165, 1.54) is 12.1 Å². The van der Waals surface area contributed by atoms with Gasteiger partial charge in [0, 0.05) is 0 Å². The Morgan fingerprint density at radius 1 is 1.40 bits per heavy atom. The first kappa shape index (κ1) is 16.7. The van der Waals surface area contributed by atoms with Crippen LogP contribution in [0.3, 0.4) is 0 Å². The van der Waals surface area contributed by atoms with Crippen LogP contribution in [0.2, 0.25) is 0 Å². The Morgan fingerprint density at radius 2 is 2.05 bits per heavy atom. The maximum absolute atomic E-state index is 12.0. The van der Waals surface area contributed by atoms with E-state index in [0.717, 1.165) is 12.8 Å². The summed E-state index contributed by atoms with van der Waals surface area (Å²) in [7, 11) is -3.82. The number of hydrogen-bond acceptors (Lipinski definition) is 4. The highest BCUT2D eigenvalue weighted by Gasteiger charge is 2.16. The number of aryl methyl sites for hydroxylation is 1. The molecule has 1 aromatic rings. The first-order valence-electron chi connectivity index (χ1n) is 6.56. The topological polar surface area (TPSA) is 86.5 Å². The van der Waals surface area contributed by atoms with Crippen LogP contribution in [-0.4, -0.2) is 21.0 Å². The van der Waals surface area contributed by atoms with Gasteiger partial charge in [0.25, 0.3) is 0 Å². The van der Waals surface area contributed by atoms with E-state index in [2.05, 4.69) is 6.92 Å². The molecule has 112 valence electrons. The number of carbonyl (C=O) groups excluding carboxylic acids is 1. The fourth-order valence-corrected chi connectivity index (χ4v) is 2.41. The zero-order valence-electron chi connectivity index (χ0n) is 12.0. The molecule has 1 aromatic carbocycles. The number of sulfonamides is 1. The molecule has 0 aliphatic heterocycles. The predicted octanol–water partition coefficient (Wildman–Crippen LogP) is 2.24. The van der Waals surface area contributed by atoms with Crippen molar-refractivity contribution >= 4 is 16.0 Å². The Kier molecular flexibility index (Phi) is 5.71. The molecule has 0 amide bonds. The fraction of sp³-hybridized carbons (Fsp3) is 0.500. The molecule has 0 saturated heterocycles. The summed E-state index contributed by atoms with van der Waals surface area (Å²) >= 11 is 0. The summed E-state index contributed by atoms with van der Waals surface area (Å²) in [6.07, 6.45) is 2.00. The lowest BCUT2D eigenvalue weighted by Gasteiger charge is -2.12. The largest absolute Gasteiger partial charge is 0.462 e. The highest BCUT2D eigenvalue weighted by atomic mass is 32.2. The number of esters is 1. The number of rotatable bonds is 6. The van der Waals surface area contributed by atoms with Crippen molar-refractivity contribution in [2.45, 2.75) is 38.5 Å². The van der Waals surface area contributed by atoms with Crippen molar-refractivity contribution in [1.82, 2.24) is 0 Å². The summed E-state index contributed by atoms with van der Waals surface area (Å²) in [5, 5.41) is 5.06. The van der Waals surface area contributed by atoms with Crippen LogP contribution in [0.5, 0.6) is 0 Å². The molecule has 1 atom stereocenters. The molecule has 0 aliphatic carbocycles. The number of ether oxygens (including phenoxy) is 1. The van der Waals surface area contributed by atoms with Crippen molar-refractivity contribution in [3.8, 4) is 0 Å². The maximum atomic E-state index is 12.0. The number of carbonyl (C=O) groups is 1. The Morgan fingerprint density at radius 3 is 2.60 bits per heavy atom. The van der Waals surface area contributed by atoms with Gasteiger partial charge in [0.2, 0.25) is 10.0 Å². The number of hydrogen-bond donors (Lipinski definition) is 1. The molecule has 6 heteroatoms. The van der Waals surface area contributed by atoms with Crippen molar-refractivity contribution in [2.75, 3.05) is 6.61 Å². The van der Waals surface area contributed by atoms with Gasteiger partial charge in [-0.15, -0.1) is 0 Å². The predicted molar refractivity (Wildman–Crippen MR) is 76.9 cm³/mol. The second-order valence-corrected chi connectivity index (χ2v) is 6.58. The third kappa shape index (κ3) is 4.61. The van der Waals surface area contributed by atoms with Crippen molar-refractivity contribution in [1.29, 1.82) is 0 Å². The van der Waals surface area contributed by atoms with Gasteiger partial charge < -0.3 is 4.74 Å². The highest BCUT2D eigenvalue weighted by Crippen LogP contribution is 2.16. The minimum atomic E-state index is -3.82. The van der Waals surface area contributed by atoms with E-state index in [9.17, 15) is 13.2 Å². The van der Waals surface area contributed by atoms with Gasteiger partial charge in [-0.05, 0) is 37.0 Å². The van der Waals surface area contributed by atoms with Gasteiger partial charge in [-0.2, -0.15) is 0 Å². The van der Waals surface area contributed by atoms with E-state index >= 15 is 0 Å². The molecule has 0 bridgehead atoms. The second-order valence-electron chi connectivity index (χ2n) is 5.01. The highest BCUT2D eigenvalue weighted by molar-refractivity contribution is 7.89. The third-order valence-corrected chi connectivity index (χ3v) is 3.95. The van der Waals surface area contributed by atoms with Gasteiger partial charge >= 0.3 is 5.97 Å². The van der Waals surface area contributed by atoms with E-state index in [1.807, 2.05) is 6.92 Å². The third-order valence-electron chi connectivity index (χ3n) is 3.04. The number of benzene rings is 1. The van der Waals surface area contributed by atoms with Gasteiger partial charge in [0.1, 0.15) is 0 Å². The van der Waals surface area contributed by atoms with Crippen molar-refractivity contribution < 1.29 is 17.9 Å². The Labute approximate surface area is 120 Å². The van der Waals surface area contributed by atoms with Gasteiger partial charge in [-0.25, -0.2) is 18.4 Å². The van der Waals surface area contributed by atoms with Crippen LogP contribution in [0, 0.1) is 12.8 Å². The first-order chi connectivity index (χ1) is 9.25. The van der Waals surface area contributed by atoms with Crippen molar-refractivity contribution in [3.63, 3.8) is 0 Å². The lowest BCUT2D eigenvalue weighted by molar-refractivity contribution is 0.0442. The minimum Gasteiger partial charge on any atom is -0.462 e. The minimum absolute atomic E-state index is 0.0864. The van der Waals surface area contributed by atoms with Gasteiger partial charge in [0.05, 0.1) is 17.1 Å². The molecule has 0 saturated carbocycles. The first-order valence-corrected chi connectivity index (χ1v) is 8.11. The summed E-state index contributed by atoms with van der Waals surface area (Å²) in [5.41, 5.74) is 0.894. The van der Waals surface area contributed by atoms with Crippen molar-refractivity contribution in [2.24, 2.45) is 11.1 Å². The van der Waals surface area contributed by atoms with E-state index in [0.29, 0.717) is 12.2 Å². The van der Waals surface area contributed by atoms with Crippen molar-refractivity contribution in [3.05, 3.63) is 29.3 Å². The van der Waals surface area contributed by atoms with E-state index in [4.69, 9.17) is 9.88 Å². The Bertz CT molecular complexity index is 581. The molecule has 0 aromatic heterocycles. The second kappa shape index (κ2) is 6.85. The number of primary sulfonamides is 1. The SMILES string of the molecule is CCCC(C)COC(=O)c1cc(S(N)(=O)=O)ccc1C. The van der Waals surface area contributed by atoms with E-state index < -0.39 is 16.0 Å². The lowest BCUT2D eigenvalue weighted by atomic mass is 10.1. The summed E-state index contributed by atoms with van der Waals surface area (Å²) in [5.74, 6) is -0.235. The molecule has 0 aliphatic rings. The standard InChI is InChI=1S/C14H21NO4S/c1-4-5-10(2)9-19-14(16)13-8-12(20(15,17)18)7-6-11(13)3/h6-8,10H,4-5,9H2,1-3H3,(H2,15,17,18). The number of nitrogens with two attached hydrogens (primary N) is 1. The van der Waals surface area contributed by atoms with E-state index in [1.54, 1.807) is 13.0 Å². The van der Waals surface area contributed by atoms with Crippen LogP contribution in [0.15, 0.2) is 23.1 Å². The van der Waals surface area contributed by atoms with Gasteiger partial charge in [-0.3, -0.25) is 0 Å². The molecular formula is C14H21NO4S. The average Bonchev–Trinajstić information content (AvgIpc) is 2.35. The van der Waals surface area contributed by atoms with Crippen LogP contribution < -0.4 is 5.14 Å². The fourth-order valence-electron chi connectivity index (χ4n) is 1.87. The molecule has 1 unspecified atom stereocenters. The van der Waals surface area contributed by atoms with E-state index in [-0.39, 0.29) is 16.4 Å². The molecule has 0 spiro atoms. The van der Waals surface area contributed by atoms with Crippen LogP contribution in [0.1, 0.15) is 42.6 Å². The molecule has 1 rings (SSSR count). The molecular weight excluding hydrogens is 278 g/mol.